The van der Waals surface area contributed by atoms with Gasteiger partial charge < -0.3 is 10.4 Å². The van der Waals surface area contributed by atoms with Gasteiger partial charge in [0.25, 0.3) is 0 Å². The van der Waals surface area contributed by atoms with E-state index in [-0.39, 0.29) is 23.5 Å². The Balaban J connectivity index is 1.83. The molecule has 0 bridgehead atoms. The highest BCUT2D eigenvalue weighted by Gasteiger charge is 2.16. The third kappa shape index (κ3) is 5.53. The highest BCUT2D eigenvalue weighted by atomic mass is 35.5. The minimum Gasteiger partial charge on any atom is -0.387 e. The molecule has 122 valence electrons. The SMILES string of the molecule is CC(Sc1ccc(Cl)cc1)C(=O)NCC(O)c1ccc(F)cc1. The Labute approximate surface area is 143 Å². The van der Waals surface area contributed by atoms with Crippen LogP contribution in [0.4, 0.5) is 4.39 Å². The molecular weight excluding hydrogens is 337 g/mol. The van der Waals surface area contributed by atoms with Crippen LogP contribution in [0.25, 0.3) is 0 Å². The number of carbonyl (C=O) groups excluding carboxylic acids is 1. The standard InChI is InChI=1S/C17H17ClFNO2S/c1-11(23-15-8-4-13(18)5-9-15)17(22)20-10-16(21)12-2-6-14(19)7-3-12/h2-9,11,16,21H,10H2,1H3,(H,20,22). The van der Waals surface area contributed by atoms with E-state index < -0.39 is 6.10 Å². The van der Waals surface area contributed by atoms with Crippen LogP contribution in [0.15, 0.2) is 53.4 Å². The van der Waals surface area contributed by atoms with Gasteiger partial charge in [0, 0.05) is 16.5 Å². The largest absolute Gasteiger partial charge is 0.387 e. The summed E-state index contributed by atoms with van der Waals surface area (Å²) in [6, 6.07) is 12.8. The number of rotatable bonds is 6. The maximum absolute atomic E-state index is 12.8. The zero-order chi connectivity index (χ0) is 16.8. The van der Waals surface area contributed by atoms with Gasteiger partial charge in [0.2, 0.25) is 5.91 Å². The van der Waals surface area contributed by atoms with Crippen molar-refractivity contribution in [2.24, 2.45) is 0 Å². The lowest BCUT2D eigenvalue weighted by atomic mass is 10.1. The second kappa shape index (κ2) is 8.34. The highest BCUT2D eigenvalue weighted by Crippen LogP contribution is 2.24. The highest BCUT2D eigenvalue weighted by molar-refractivity contribution is 8.00. The van der Waals surface area contributed by atoms with E-state index in [0.29, 0.717) is 10.6 Å². The van der Waals surface area contributed by atoms with Gasteiger partial charge in [0.15, 0.2) is 0 Å². The van der Waals surface area contributed by atoms with Crippen molar-refractivity contribution in [3.63, 3.8) is 0 Å². The molecule has 0 aliphatic carbocycles. The molecule has 2 aromatic rings. The third-order valence-corrected chi connectivity index (χ3v) is 4.58. The maximum atomic E-state index is 12.8. The molecule has 0 saturated carbocycles. The van der Waals surface area contributed by atoms with Crippen LogP contribution in [-0.2, 0) is 4.79 Å². The molecule has 0 aliphatic heterocycles. The van der Waals surface area contributed by atoms with E-state index in [1.54, 1.807) is 19.1 Å². The first-order valence-corrected chi connectivity index (χ1v) is 8.35. The number of carbonyl (C=O) groups is 1. The summed E-state index contributed by atoms with van der Waals surface area (Å²) in [5.41, 5.74) is 0.560. The van der Waals surface area contributed by atoms with Gasteiger partial charge in [0.05, 0.1) is 11.4 Å². The van der Waals surface area contributed by atoms with E-state index >= 15 is 0 Å². The summed E-state index contributed by atoms with van der Waals surface area (Å²) < 4.78 is 12.8. The minimum absolute atomic E-state index is 0.0793. The molecule has 2 atom stereocenters. The predicted molar refractivity (Wildman–Crippen MR) is 91.1 cm³/mol. The molecule has 23 heavy (non-hydrogen) atoms. The molecule has 0 radical (unpaired) electrons. The molecule has 3 nitrogen and oxygen atoms in total. The van der Waals surface area contributed by atoms with E-state index in [4.69, 9.17) is 11.6 Å². The normalized spacial score (nSPS) is 13.4. The molecule has 2 aromatic carbocycles. The molecule has 6 heteroatoms. The predicted octanol–water partition coefficient (Wildman–Crippen LogP) is 3.81. The van der Waals surface area contributed by atoms with Gasteiger partial charge in [-0.25, -0.2) is 4.39 Å². The average Bonchev–Trinajstić information content (AvgIpc) is 2.55. The minimum atomic E-state index is -0.868. The molecule has 0 fully saturated rings. The summed E-state index contributed by atoms with van der Waals surface area (Å²) >= 11 is 7.23. The van der Waals surface area contributed by atoms with Crippen LogP contribution in [-0.4, -0.2) is 22.8 Å². The summed E-state index contributed by atoms with van der Waals surface area (Å²) in [4.78, 5) is 13.0. The zero-order valence-corrected chi connectivity index (χ0v) is 14.1. The maximum Gasteiger partial charge on any atom is 0.233 e. The van der Waals surface area contributed by atoms with Crippen molar-refractivity contribution < 1.29 is 14.3 Å². The summed E-state index contributed by atoms with van der Waals surface area (Å²) in [7, 11) is 0. The molecule has 0 saturated heterocycles. The number of halogens is 2. The molecule has 2 rings (SSSR count). The topological polar surface area (TPSA) is 49.3 Å². The fourth-order valence-electron chi connectivity index (χ4n) is 1.91. The molecular formula is C17H17ClFNO2S. The van der Waals surface area contributed by atoms with Crippen LogP contribution in [0.3, 0.4) is 0 Å². The zero-order valence-electron chi connectivity index (χ0n) is 12.5. The number of aliphatic hydroxyl groups excluding tert-OH is 1. The van der Waals surface area contributed by atoms with Crippen LogP contribution < -0.4 is 5.32 Å². The van der Waals surface area contributed by atoms with E-state index in [0.717, 1.165) is 4.90 Å². The molecule has 2 N–H and O–H groups in total. The molecule has 0 aliphatic rings. The van der Waals surface area contributed by atoms with E-state index in [2.05, 4.69) is 5.32 Å². The first kappa shape index (κ1) is 17.8. The van der Waals surface area contributed by atoms with Crippen LogP contribution in [0.2, 0.25) is 5.02 Å². The lowest BCUT2D eigenvalue weighted by molar-refractivity contribution is -0.120. The molecule has 0 spiro atoms. The number of aliphatic hydroxyl groups is 1. The van der Waals surface area contributed by atoms with Crippen molar-refractivity contribution in [2.45, 2.75) is 23.2 Å². The van der Waals surface area contributed by atoms with Crippen molar-refractivity contribution in [3.8, 4) is 0 Å². The summed E-state index contributed by atoms with van der Waals surface area (Å²) in [6.45, 7) is 1.87. The number of nitrogens with one attached hydrogen (secondary N) is 1. The lowest BCUT2D eigenvalue weighted by Crippen LogP contribution is -2.34. The Morgan fingerprint density at radius 3 is 2.43 bits per heavy atom. The number of amides is 1. The average molecular weight is 354 g/mol. The van der Waals surface area contributed by atoms with Crippen LogP contribution in [0.5, 0.6) is 0 Å². The first-order chi connectivity index (χ1) is 11.0. The fourth-order valence-corrected chi connectivity index (χ4v) is 2.93. The fraction of sp³-hybridized carbons (Fsp3) is 0.235. The van der Waals surface area contributed by atoms with Gasteiger partial charge in [0.1, 0.15) is 5.82 Å². The van der Waals surface area contributed by atoms with Crippen LogP contribution in [0, 0.1) is 5.82 Å². The molecule has 0 heterocycles. The first-order valence-electron chi connectivity index (χ1n) is 7.09. The number of hydrogen-bond acceptors (Lipinski definition) is 3. The molecule has 2 unspecified atom stereocenters. The van der Waals surface area contributed by atoms with Crippen LogP contribution in [0.1, 0.15) is 18.6 Å². The smallest absolute Gasteiger partial charge is 0.233 e. The van der Waals surface area contributed by atoms with Gasteiger partial charge in [-0.2, -0.15) is 0 Å². The number of thioether (sulfide) groups is 1. The van der Waals surface area contributed by atoms with Gasteiger partial charge in [-0.3, -0.25) is 4.79 Å². The quantitative estimate of drug-likeness (QED) is 0.776. The van der Waals surface area contributed by atoms with Crippen molar-refractivity contribution in [1.29, 1.82) is 0 Å². The monoisotopic (exact) mass is 353 g/mol. The van der Waals surface area contributed by atoms with Crippen molar-refractivity contribution >= 4 is 29.3 Å². The Morgan fingerprint density at radius 1 is 1.22 bits per heavy atom. The Hall–Kier alpha value is -1.56. The Kier molecular flexibility index (Phi) is 6.45. The van der Waals surface area contributed by atoms with Gasteiger partial charge in [-0.1, -0.05) is 23.7 Å². The van der Waals surface area contributed by atoms with Gasteiger partial charge >= 0.3 is 0 Å². The lowest BCUT2D eigenvalue weighted by Gasteiger charge is -2.15. The summed E-state index contributed by atoms with van der Waals surface area (Å²) in [5, 5.41) is 13.0. The number of benzene rings is 2. The van der Waals surface area contributed by atoms with Crippen molar-refractivity contribution in [2.75, 3.05) is 6.54 Å². The Morgan fingerprint density at radius 2 is 1.83 bits per heavy atom. The molecule has 0 aromatic heterocycles. The van der Waals surface area contributed by atoms with Gasteiger partial charge in [-0.15, -0.1) is 11.8 Å². The third-order valence-electron chi connectivity index (χ3n) is 3.22. The number of hydrogen-bond donors (Lipinski definition) is 2. The summed E-state index contributed by atoms with van der Waals surface area (Å²) in [6.07, 6.45) is -0.868. The van der Waals surface area contributed by atoms with Crippen molar-refractivity contribution in [3.05, 3.63) is 64.9 Å². The second-order valence-corrected chi connectivity index (χ2v) is 6.88. The van der Waals surface area contributed by atoms with Gasteiger partial charge in [-0.05, 0) is 48.9 Å². The van der Waals surface area contributed by atoms with E-state index in [9.17, 15) is 14.3 Å². The van der Waals surface area contributed by atoms with E-state index in [1.165, 1.54) is 36.0 Å². The Bertz CT molecular complexity index is 649. The summed E-state index contributed by atoms with van der Waals surface area (Å²) in [5.74, 6) is -0.538. The second-order valence-electron chi connectivity index (χ2n) is 5.03. The molecule has 1 amide bonds. The van der Waals surface area contributed by atoms with Crippen molar-refractivity contribution in [1.82, 2.24) is 5.32 Å². The van der Waals surface area contributed by atoms with Crippen LogP contribution >= 0.6 is 23.4 Å². The van der Waals surface area contributed by atoms with E-state index in [1.807, 2.05) is 12.1 Å².